The SMILES string of the molecule is C=CCC(=O)Nc1ccc(O)c(F)c1. The first kappa shape index (κ1) is 10.2. The highest BCUT2D eigenvalue weighted by molar-refractivity contribution is 5.91. The van der Waals surface area contributed by atoms with Crippen LogP contribution in [-0.2, 0) is 4.79 Å². The van der Waals surface area contributed by atoms with Crippen LogP contribution in [0.3, 0.4) is 0 Å². The van der Waals surface area contributed by atoms with Gasteiger partial charge in [0.1, 0.15) is 0 Å². The molecule has 0 atom stereocenters. The summed E-state index contributed by atoms with van der Waals surface area (Å²) in [5.74, 6) is -1.47. The Hall–Kier alpha value is -1.84. The number of carbonyl (C=O) groups is 1. The van der Waals surface area contributed by atoms with Crippen molar-refractivity contribution in [3.8, 4) is 5.75 Å². The minimum absolute atomic E-state index is 0.169. The van der Waals surface area contributed by atoms with Crippen LogP contribution in [0.1, 0.15) is 6.42 Å². The first-order valence-corrected chi connectivity index (χ1v) is 4.02. The van der Waals surface area contributed by atoms with Crippen molar-refractivity contribution in [3.05, 3.63) is 36.7 Å². The molecule has 0 aromatic heterocycles. The molecule has 1 aromatic carbocycles. The lowest BCUT2D eigenvalue weighted by Gasteiger charge is -2.03. The van der Waals surface area contributed by atoms with E-state index in [4.69, 9.17) is 5.11 Å². The lowest BCUT2D eigenvalue weighted by molar-refractivity contribution is -0.115. The third kappa shape index (κ3) is 2.58. The highest BCUT2D eigenvalue weighted by Crippen LogP contribution is 2.19. The molecular weight excluding hydrogens is 185 g/mol. The normalized spacial score (nSPS) is 9.50. The largest absolute Gasteiger partial charge is 0.505 e. The molecule has 4 heteroatoms. The summed E-state index contributed by atoms with van der Waals surface area (Å²) >= 11 is 0. The molecule has 1 amide bonds. The average Bonchev–Trinajstić information content (AvgIpc) is 2.12. The van der Waals surface area contributed by atoms with Crippen LogP contribution < -0.4 is 5.32 Å². The first-order chi connectivity index (χ1) is 6.63. The quantitative estimate of drug-likeness (QED) is 0.572. The van der Waals surface area contributed by atoms with Crippen molar-refractivity contribution in [3.63, 3.8) is 0 Å². The number of nitrogens with one attached hydrogen (secondary N) is 1. The summed E-state index contributed by atoms with van der Waals surface area (Å²) in [7, 11) is 0. The second kappa shape index (κ2) is 4.41. The summed E-state index contributed by atoms with van der Waals surface area (Å²) in [5.41, 5.74) is 0.312. The van der Waals surface area contributed by atoms with Crippen molar-refractivity contribution in [1.29, 1.82) is 0 Å². The standard InChI is InChI=1S/C10H10FNO2/c1-2-3-10(14)12-7-4-5-9(13)8(11)6-7/h2,4-6,13H,1,3H2,(H,12,14). The van der Waals surface area contributed by atoms with Crippen LogP contribution >= 0.6 is 0 Å². The van der Waals surface area contributed by atoms with Crippen molar-refractivity contribution >= 4 is 11.6 Å². The molecule has 74 valence electrons. The number of halogens is 1. The van der Waals surface area contributed by atoms with Crippen molar-refractivity contribution in [2.45, 2.75) is 6.42 Å². The third-order valence-electron chi connectivity index (χ3n) is 1.56. The topological polar surface area (TPSA) is 49.3 Å². The van der Waals surface area contributed by atoms with Gasteiger partial charge in [-0.05, 0) is 12.1 Å². The molecule has 0 aliphatic rings. The van der Waals surface area contributed by atoms with Gasteiger partial charge in [-0.15, -0.1) is 6.58 Å². The molecule has 0 saturated heterocycles. The Morgan fingerprint density at radius 1 is 1.64 bits per heavy atom. The van der Waals surface area contributed by atoms with Crippen molar-refractivity contribution in [1.82, 2.24) is 0 Å². The van der Waals surface area contributed by atoms with Crippen molar-refractivity contribution in [2.75, 3.05) is 5.32 Å². The van der Waals surface area contributed by atoms with Crippen LogP contribution in [0.5, 0.6) is 5.75 Å². The zero-order valence-electron chi connectivity index (χ0n) is 7.46. The van der Waals surface area contributed by atoms with Crippen LogP contribution in [0.15, 0.2) is 30.9 Å². The smallest absolute Gasteiger partial charge is 0.228 e. The molecule has 0 aliphatic carbocycles. The Balaban J connectivity index is 2.72. The van der Waals surface area contributed by atoms with Gasteiger partial charge < -0.3 is 10.4 Å². The highest BCUT2D eigenvalue weighted by Gasteiger charge is 2.03. The molecular formula is C10H10FNO2. The fraction of sp³-hybridized carbons (Fsp3) is 0.100. The summed E-state index contributed by atoms with van der Waals surface area (Å²) < 4.78 is 12.8. The zero-order valence-corrected chi connectivity index (χ0v) is 7.46. The summed E-state index contributed by atoms with van der Waals surface area (Å²) in [6, 6.07) is 3.65. The maximum Gasteiger partial charge on any atom is 0.228 e. The van der Waals surface area contributed by atoms with Gasteiger partial charge in [0.25, 0.3) is 0 Å². The number of carbonyl (C=O) groups excluding carboxylic acids is 1. The summed E-state index contributed by atoms with van der Waals surface area (Å²) in [4.78, 5) is 11.0. The van der Waals surface area contributed by atoms with Crippen LogP contribution in [0.25, 0.3) is 0 Å². The lowest BCUT2D eigenvalue weighted by atomic mass is 10.3. The number of rotatable bonds is 3. The van der Waals surface area contributed by atoms with Gasteiger partial charge in [0.05, 0.1) is 0 Å². The van der Waals surface area contributed by atoms with E-state index < -0.39 is 11.6 Å². The first-order valence-electron chi connectivity index (χ1n) is 4.02. The Bertz CT molecular complexity index is 363. The number of aromatic hydroxyl groups is 1. The van der Waals surface area contributed by atoms with E-state index in [0.29, 0.717) is 5.69 Å². The van der Waals surface area contributed by atoms with Gasteiger partial charge in [0, 0.05) is 18.2 Å². The predicted molar refractivity (Wildman–Crippen MR) is 51.5 cm³/mol. The number of hydrogen-bond acceptors (Lipinski definition) is 2. The van der Waals surface area contributed by atoms with E-state index in [1.165, 1.54) is 18.2 Å². The second-order valence-electron chi connectivity index (χ2n) is 2.71. The van der Waals surface area contributed by atoms with E-state index in [1.807, 2.05) is 0 Å². The number of anilines is 1. The van der Waals surface area contributed by atoms with Gasteiger partial charge in [-0.2, -0.15) is 0 Å². The highest BCUT2D eigenvalue weighted by atomic mass is 19.1. The van der Waals surface area contributed by atoms with E-state index in [2.05, 4.69) is 11.9 Å². The number of phenolic OH excluding ortho intramolecular Hbond substituents is 1. The predicted octanol–water partition coefficient (Wildman–Crippen LogP) is 2.05. The molecule has 1 rings (SSSR count). The number of hydrogen-bond donors (Lipinski definition) is 2. The van der Waals surface area contributed by atoms with Gasteiger partial charge in [-0.3, -0.25) is 4.79 Å². The molecule has 3 nitrogen and oxygen atoms in total. The van der Waals surface area contributed by atoms with Gasteiger partial charge in [0.15, 0.2) is 11.6 Å². The van der Waals surface area contributed by atoms with Crippen LogP contribution in [0, 0.1) is 5.82 Å². The molecule has 0 spiro atoms. The second-order valence-corrected chi connectivity index (χ2v) is 2.71. The van der Waals surface area contributed by atoms with Gasteiger partial charge in [0.2, 0.25) is 5.91 Å². The molecule has 0 saturated carbocycles. The molecule has 0 unspecified atom stereocenters. The van der Waals surface area contributed by atoms with Gasteiger partial charge in [-0.1, -0.05) is 6.08 Å². The maximum atomic E-state index is 12.8. The minimum atomic E-state index is -0.763. The van der Waals surface area contributed by atoms with Crippen LogP contribution in [-0.4, -0.2) is 11.0 Å². The summed E-state index contributed by atoms with van der Waals surface area (Å²) in [6.07, 6.45) is 1.62. The van der Waals surface area contributed by atoms with Crippen molar-refractivity contribution < 1.29 is 14.3 Å². The molecule has 1 aromatic rings. The molecule has 0 aliphatic heterocycles. The monoisotopic (exact) mass is 195 g/mol. The fourth-order valence-corrected chi connectivity index (χ4v) is 0.928. The van der Waals surface area contributed by atoms with Crippen molar-refractivity contribution in [2.24, 2.45) is 0 Å². The molecule has 0 radical (unpaired) electrons. The van der Waals surface area contributed by atoms with E-state index in [1.54, 1.807) is 0 Å². The van der Waals surface area contributed by atoms with E-state index in [0.717, 1.165) is 6.07 Å². The molecule has 0 bridgehead atoms. The van der Waals surface area contributed by atoms with Gasteiger partial charge in [-0.25, -0.2) is 4.39 Å². The fourth-order valence-electron chi connectivity index (χ4n) is 0.928. The molecule has 14 heavy (non-hydrogen) atoms. The maximum absolute atomic E-state index is 12.8. The average molecular weight is 195 g/mol. The lowest BCUT2D eigenvalue weighted by Crippen LogP contribution is -2.09. The summed E-state index contributed by atoms with van der Waals surface area (Å²) in [6.45, 7) is 3.40. The number of benzene rings is 1. The van der Waals surface area contributed by atoms with Gasteiger partial charge >= 0.3 is 0 Å². The summed E-state index contributed by atoms with van der Waals surface area (Å²) in [5, 5.41) is 11.3. The van der Waals surface area contributed by atoms with E-state index >= 15 is 0 Å². The Morgan fingerprint density at radius 3 is 2.93 bits per heavy atom. The third-order valence-corrected chi connectivity index (χ3v) is 1.56. The molecule has 0 heterocycles. The number of amides is 1. The molecule has 0 fully saturated rings. The molecule has 2 N–H and O–H groups in total. The minimum Gasteiger partial charge on any atom is -0.505 e. The van der Waals surface area contributed by atoms with Crippen LogP contribution in [0.4, 0.5) is 10.1 Å². The Kier molecular flexibility index (Phi) is 3.23. The Labute approximate surface area is 80.9 Å². The van der Waals surface area contributed by atoms with Crippen LogP contribution in [0.2, 0.25) is 0 Å². The van der Waals surface area contributed by atoms with E-state index in [9.17, 15) is 9.18 Å². The number of phenols is 1. The zero-order chi connectivity index (χ0) is 10.6. The Morgan fingerprint density at radius 2 is 2.36 bits per heavy atom. The van der Waals surface area contributed by atoms with E-state index in [-0.39, 0.29) is 12.3 Å².